The van der Waals surface area contributed by atoms with Crippen LogP contribution in [-0.2, 0) is 19.1 Å². The van der Waals surface area contributed by atoms with Crippen molar-refractivity contribution in [2.24, 2.45) is 5.41 Å². The number of nitriles is 1. The van der Waals surface area contributed by atoms with Crippen LogP contribution in [0.5, 0.6) is 0 Å². The van der Waals surface area contributed by atoms with Crippen molar-refractivity contribution in [2.75, 3.05) is 6.61 Å². The number of hydrogen-bond acceptors (Lipinski definition) is 5. The third-order valence-corrected chi connectivity index (χ3v) is 4.79. The maximum absolute atomic E-state index is 13.0. The normalized spacial score (nSPS) is 23.4. The molecule has 25 heavy (non-hydrogen) atoms. The lowest BCUT2D eigenvalue weighted by molar-refractivity contribution is -0.184. The second-order valence-corrected chi connectivity index (χ2v) is 6.91. The summed E-state index contributed by atoms with van der Waals surface area (Å²) >= 11 is 0. The summed E-state index contributed by atoms with van der Waals surface area (Å²) in [6.45, 7) is 4.89. The monoisotopic (exact) mass is 343 g/mol. The average Bonchev–Trinajstić information content (AvgIpc) is 2.62. The number of carbonyl (C=O) groups is 2. The first kappa shape index (κ1) is 19.0. The van der Waals surface area contributed by atoms with Gasteiger partial charge in [-0.2, -0.15) is 5.26 Å². The zero-order valence-corrected chi connectivity index (χ0v) is 15.1. The predicted molar refractivity (Wildman–Crippen MR) is 92.5 cm³/mol. The first-order chi connectivity index (χ1) is 11.9. The Hall–Kier alpha value is -2.35. The lowest BCUT2D eigenvalue weighted by atomic mass is 9.64. The lowest BCUT2D eigenvalue weighted by Gasteiger charge is -2.38. The minimum Gasteiger partial charge on any atom is -0.463 e. The summed E-state index contributed by atoms with van der Waals surface area (Å²) in [5.41, 5.74) is -1.74. The molecule has 1 aliphatic carbocycles. The van der Waals surface area contributed by atoms with Gasteiger partial charge in [-0.3, -0.25) is 4.79 Å². The van der Waals surface area contributed by atoms with Gasteiger partial charge in [-0.15, -0.1) is 0 Å². The van der Waals surface area contributed by atoms with Crippen LogP contribution in [0.3, 0.4) is 0 Å². The summed E-state index contributed by atoms with van der Waals surface area (Å²) in [6.07, 6.45) is 2.91. The molecule has 0 N–H and O–H groups in total. The first-order valence-corrected chi connectivity index (χ1v) is 8.74. The number of carbonyl (C=O) groups excluding carboxylic acids is 2. The van der Waals surface area contributed by atoms with Crippen LogP contribution in [-0.4, -0.2) is 24.1 Å². The highest BCUT2D eigenvalue weighted by Crippen LogP contribution is 2.48. The smallest absolute Gasteiger partial charge is 0.349 e. The van der Waals surface area contributed by atoms with Crippen LogP contribution in [0.1, 0.15) is 57.9 Å². The molecular weight excluding hydrogens is 318 g/mol. The van der Waals surface area contributed by atoms with Crippen LogP contribution in [0.2, 0.25) is 0 Å². The molecule has 0 aromatic heterocycles. The van der Waals surface area contributed by atoms with Crippen molar-refractivity contribution in [2.45, 2.75) is 58.0 Å². The maximum Gasteiger partial charge on any atom is 0.349 e. The van der Waals surface area contributed by atoms with E-state index in [0.717, 1.165) is 24.8 Å². The van der Waals surface area contributed by atoms with E-state index in [1.807, 2.05) is 30.3 Å². The van der Waals surface area contributed by atoms with Gasteiger partial charge in [-0.25, -0.2) is 4.79 Å². The second kappa shape index (κ2) is 7.69. The van der Waals surface area contributed by atoms with Crippen molar-refractivity contribution in [1.29, 1.82) is 5.26 Å². The molecule has 1 aliphatic rings. The van der Waals surface area contributed by atoms with Gasteiger partial charge in [0, 0.05) is 5.92 Å². The summed E-state index contributed by atoms with van der Waals surface area (Å²) in [7, 11) is 0. The molecule has 1 aromatic carbocycles. The van der Waals surface area contributed by atoms with Crippen LogP contribution in [0.15, 0.2) is 30.3 Å². The van der Waals surface area contributed by atoms with Crippen molar-refractivity contribution < 1.29 is 19.1 Å². The Labute approximate surface area is 148 Å². The van der Waals surface area contributed by atoms with Gasteiger partial charge < -0.3 is 9.47 Å². The number of esters is 2. The third kappa shape index (κ3) is 3.84. The van der Waals surface area contributed by atoms with Crippen LogP contribution >= 0.6 is 0 Å². The zero-order chi connectivity index (χ0) is 18.5. The minimum atomic E-state index is -1.42. The Morgan fingerprint density at radius 1 is 1.28 bits per heavy atom. The van der Waals surface area contributed by atoms with Crippen molar-refractivity contribution in [3.8, 4) is 6.07 Å². The largest absolute Gasteiger partial charge is 0.463 e. The van der Waals surface area contributed by atoms with E-state index in [4.69, 9.17) is 9.47 Å². The number of nitrogens with zero attached hydrogens (tertiary/aromatic N) is 1. The number of rotatable bonds is 5. The number of ether oxygens (including phenoxy) is 2. The van der Waals surface area contributed by atoms with E-state index < -0.39 is 23.0 Å². The molecule has 0 saturated heterocycles. The Morgan fingerprint density at radius 3 is 2.56 bits per heavy atom. The average molecular weight is 343 g/mol. The van der Waals surface area contributed by atoms with Gasteiger partial charge in [0.25, 0.3) is 0 Å². The molecule has 1 aromatic rings. The molecule has 2 rings (SSSR count). The third-order valence-electron chi connectivity index (χ3n) is 4.79. The van der Waals surface area contributed by atoms with E-state index >= 15 is 0 Å². The van der Waals surface area contributed by atoms with Gasteiger partial charge in [0.2, 0.25) is 5.60 Å². The Morgan fingerprint density at radius 2 is 1.96 bits per heavy atom. The molecule has 0 bridgehead atoms. The maximum atomic E-state index is 13.0. The Kier molecular flexibility index (Phi) is 5.84. The van der Waals surface area contributed by atoms with Gasteiger partial charge in [0.15, 0.2) is 5.41 Å². The fourth-order valence-electron chi connectivity index (χ4n) is 3.40. The quantitative estimate of drug-likeness (QED) is 0.761. The predicted octanol–water partition coefficient (Wildman–Crippen LogP) is 3.74. The Balaban J connectivity index is 2.32. The van der Waals surface area contributed by atoms with Crippen molar-refractivity contribution in [3.05, 3.63) is 35.9 Å². The zero-order valence-electron chi connectivity index (χ0n) is 15.1. The fourth-order valence-corrected chi connectivity index (χ4v) is 3.40. The molecule has 0 heterocycles. The lowest BCUT2D eigenvalue weighted by Crippen LogP contribution is -2.46. The molecular formula is C20H25NO4. The number of benzene rings is 1. The molecule has 5 heteroatoms. The molecule has 0 amide bonds. The van der Waals surface area contributed by atoms with E-state index in [9.17, 15) is 14.9 Å². The highest BCUT2D eigenvalue weighted by molar-refractivity contribution is 5.87. The highest BCUT2D eigenvalue weighted by atomic mass is 16.6. The van der Waals surface area contributed by atoms with E-state index in [2.05, 4.69) is 6.07 Å². The SMILES string of the molecule is CCOC(=O)C(C)(C)OC(=O)[C@@]1(C#N)CCCC[C@@H]1c1ccccc1. The Bertz CT molecular complexity index is 662. The van der Waals surface area contributed by atoms with Crippen LogP contribution in [0.25, 0.3) is 0 Å². The van der Waals surface area contributed by atoms with E-state index in [0.29, 0.717) is 6.42 Å². The van der Waals surface area contributed by atoms with Gasteiger partial charge in [0.05, 0.1) is 12.7 Å². The summed E-state index contributed by atoms with van der Waals surface area (Å²) in [5.74, 6) is -1.48. The summed E-state index contributed by atoms with van der Waals surface area (Å²) in [6, 6.07) is 11.8. The molecule has 134 valence electrons. The minimum absolute atomic E-state index is 0.204. The topological polar surface area (TPSA) is 76.4 Å². The van der Waals surface area contributed by atoms with E-state index in [1.165, 1.54) is 13.8 Å². The molecule has 0 aliphatic heterocycles. The molecule has 0 unspecified atom stereocenters. The van der Waals surface area contributed by atoms with E-state index in [-0.39, 0.29) is 12.5 Å². The van der Waals surface area contributed by atoms with Gasteiger partial charge in [0.1, 0.15) is 0 Å². The van der Waals surface area contributed by atoms with Gasteiger partial charge in [-0.1, -0.05) is 43.2 Å². The molecule has 0 radical (unpaired) electrons. The van der Waals surface area contributed by atoms with Crippen LogP contribution in [0, 0.1) is 16.7 Å². The molecule has 2 atom stereocenters. The highest BCUT2D eigenvalue weighted by Gasteiger charge is 2.52. The van der Waals surface area contributed by atoms with Gasteiger partial charge in [-0.05, 0) is 39.2 Å². The van der Waals surface area contributed by atoms with Crippen molar-refractivity contribution in [1.82, 2.24) is 0 Å². The molecule has 1 saturated carbocycles. The fraction of sp³-hybridized carbons (Fsp3) is 0.550. The molecule has 5 nitrogen and oxygen atoms in total. The van der Waals surface area contributed by atoms with Gasteiger partial charge >= 0.3 is 11.9 Å². The summed E-state index contributed by atoms with van der Waals surface area (Å²) < 4.78 is 10.5. The van der Waals surface area contributed by atoms with Crippen LogP contribution < -0.4 is 0 Å². The standard InChI is InChI=1S/C20H25NO4/c1-4-24-17(22)19(2,3)25-18(23)20(14-21)13-9-8-12-16(20)15-10-6-5-7-11-15/h5-7,10-11,16H,4,8-9,12-13H2,1-3H3/t16-,20-/m1/s1. The summed E-state index contributed by atoms with van der Waals surface area (Å²) in [5, 5.41) is 9.92. The van der Waals surface area contributed by atoms with Crippen LogP contribution in [0.4, 0.5) is 0 Å². The molecule has 1 fully saturated rings. The summed E-state index contributed by atoms with van der Waals surface area (Å²) in [4.78, 5) is 25.1. The van der Waals surface area contributed by atoms with Crippen molar-refractivity contribution >= 4 is 11.9 Å². The van der Waals surface area contributed by atoms with Crippen molar-refractivity contribution in [3.63, 3.8) is 0 Å². The second-order valence-electron chi connectivity index (χ2n) is 6.91. The van der Waals surface area contributed by atoms with E-state index in [1.54, 1.807) is 6.92 Å². The first-order valence-electron chi connectivity index (χ1n) is 8.74. The number of hydrogen-bond donors (Lipinski definition) is 0. The molecule has 0 spiro atoms.